The lowest BCUT2D eigenvalue weighted by Gasteiger charge is -2.23. The van der Waals surface area contributed by atoms with Crippen molar-refractivity contribution < 1.29 is 27.5 Å². The molecule has 0 unspecified atom stereocenters. The van der Waals surface area contributed by atoms with Gasteiger partial charge in [0.2, 0.25) is 0 Å². The summed E-state index contributed by atoms with van der Waals surface area (Å²) in [5, 5.41) is 0.930. The Morgan fingerprint density at radius 3 is 2.47 bits per heavy atom. The number of fused-ring (bicyclic) bond motifs is 1. The van der Waals surface area contributed by atoms with E-state index in [0.29, 0.717) is 18.0 Å². The van der Waals surface area contributed by atoms with E-state index in [4.69, 9.17) is 0 Å². The number of H-pyrrole nitrogens is 1. The van der Waals surface area contributed by atoms with Gasteiger partial charge in [0.15, 0.2) is 0 Å². The van der Waals surface area contributed by atoms with E-state index in [1.807, 2.05) is 30.3 Å². The van der Waals surface area contributed by atoms with Crippen LogP contribution in [0.2, 0.25) is 0 Å². The van der Waals surface area contributed by atoms with Crippen molar-refractivity contribution in [3.8, 4) is 11.3 Å². The highest BCUT2D eigenvalue weighted by Crippen LogP contribution is 2.44. The van der Waals surface area contributed by atoms with Crippen molar-refractivity contribution in [2.75, 3.05) is 0 Å². The Morgan fingerprint density at radius 2 is 1.81 bits per heavy atom. The normalized spacial score (nSPS) is 14.8. The van der Waals surface area contributed by atoms with Crippen LogP contribution in [-0.2, 0) is 16.1 Å². The van der Waals surface area contributed by atoms with Gasteiger partial charge in [0, 0.05) is 11.6 Å². The lowest BCUT2D eigenvalue weighted by atomic mass is 9.82. The summed E-state index contributed by atoms with van der Waals surface area (Å²) in [5.41, 5.74) is 4.56. The SMILES string of the molecule is O=C(OC(=O)C(F)(F)F)c1ccc2c(C3CCCCC3)c(-c3ccccc3)n(Cc3cnc[nH]3)c2c1. The highest BCUT2D eigenvalue weighted by Gasteiger charge is 2.42. The molecule has 1 aliphatic carbocycles. The molecule has 1 saturated carbocycles. The van der Waals surface area contributed by atoms with Gasteiger partial charge in [0.1, 0.15) is 0 Å². The molecule has 0 aliphatic heterocycles. The minimum absolute atomic E-state index is 0.127. The minimum Gasteiger partial charge on any atom is -0.383 e. The lowest BCUT2D eigenvalue weighted by molar-refractivity contribution is -0.193. The lowest BCUT2D eigenvalue weighted by Crippen LogP contribution is -2.28. The van der Waals surface area contributed by atoms with Crippen LogP contribution in [-0.4, -0.2) is 32.6 Å². The predicted molar refractivity (Wildman–Crippen MR) is 127 cm³/mol. The second-order valence-electron chi connectivity index (χ2n) is 9.03. The third-order valence-corrected chi connectivity index (χ3v) is 6.70. The number of hydrogen-bond acceptors (Lipinski definition) is 4. The van der Waals surface area contributed by atoms with Gasteiger partial charge in [-0.05, 0) is 42.0 Å². The van der Waals surface area contributed by atoms with Crippen molar-refractivity contribution in [3.63, 3.8) is 0 Å². The smallest absolute Gasteiger partial charge is 0.383 e. The van der Waals surface area contributed by atoms with Crippen LogP contribution >= 0.6 is 0 Å². The summed E-state index contributed by atoms with van der Waals surface area (Å²) in [6.45, 7) is 0.410. The number of aromatic amines is 1. The Labute approximate surface area is 205 Å². The van der Waals surface area contributed by atoms with Crippen molar-refractivity contribution in [2.45, 2.75) is 50.7 Å². The molecule has 2 aromatic carbocycles. The van der Waals surface area contributed by atoms with Crippen LogP contribution in [0, 0.1) is 0 Å². The molecule has 9 heteroatoms. The Hall–Kier alpha value is -3.88. The van der Waals surface area contributed by atoms with Gasteiger partial charge in [0.25, 0.3) is 0 Å². The van der Waals surface area contributed by atoms with Gasteiger partial charge in [-0.15, -0.1) is 0 Å². The minimum atomic E-state index is -5.25. The van der Waals surface area contributed by atoms with Crippen LogP contribution in [0.4, 0.5) is 13.2 Å². The third kappa shape index (κ3) is 4.65. The molecular weight excluding hydrogens is 471 g/mol. The highest BCUT2D eigenvalue weighted by atomic mass is 19.4. The summed E-state index contributed by atoms with van der Waals surface area (Å²) in [5.74, 6) is -3.56. The van der Waals surface area contributed by atoms with E-state index >= 15 is 0 Å². The van der Waals surface area contributed by atoms with Gasteiger partial charge in [0.05, 0.1) is 35.3 Å². The van der Waals surface area contributed by atoms with E-state index in [0.717, 1.165) is 48.0 Å². The number of ether oxygens (including phenoxy) is 1. The van der Waals surface area contributed by atoms with Crippen molar-refractivity contribution in [1.29, 1.82) is 0 Å². The van der Waals surface area contributed by atoms with Crippen molar-refractivity contribution in [2.24, 2.45) is 0 Å². The molecule has 0 bridgehead atoms. The fourth-order valence-corrected chi connectivity index (χ4v) is 5.12. The number of hydrogen-bond donors (Lipinski definition) is 1. The van der Waals surface area contributed by atoms with Crippen molar-refractivity contribution in [3.05, 3.63) is 77.9 Å². The second-order valence-corrected chi connectivity index (χ2v) is 9.03. The van der Waals surface area contributed by atoms with Crippen molar-refractivity contribution in [1.82, 2.24) is 14.5 Å². The first kappa shape index (κ1) is 23.8. The zero-order valence-electron chi connectivity index (χ0n) is 19.3. The monoisotopic (exact) mass is 495 g/mol. The number of carbonyl (C=O) groups excluding carboxylic acids is 2. The summed E-state index contributed by atoms with van der Waals surface area (Å²) < 4.78 is 44.2. The van der Waals surface area contributed by atoms with Crippen LogP contribution in [0.15, 0.2) is 61.1 Å². The van der Waals surface area contributed by atoms with E-state index < -0.39 is 18.1 Å². The third-order valence-electron chi connectivity index (χ3n) is 6.70. The molecule has 0 saturated heterocycles. The standard InChI is InChI=1S/C27H24F3N3O3/c28-27(29,30)26(35)36-25(34)19-11-12-21-22(13-19)33(15-20-14-31-16-32-20)24(18-9-5-2-6-10-18)23(21)17-7-3-1-4-8-17/h2,5-6,9-14,16-17H,1,3-4,7-8,15H2,(H,31,32). The molecule has 0 spiro atoms. The van der Waals surface area contributed by atoms with Crippen LogP contribution in [0.1, 0.15) is 59.6 Å². The molecule has 6 nitrogen and oxygen atoms in total. The molecule has 4 aromatic rings. The van der Waals surface area contributed by atoms with Gasteiger partial charge in [-0.1, -0.05) is 55.7 Å². The molecule has 2 heterocycles. The number of alkyl halides is 3. The summed E-state index contributed by atoms with van der Waals surface area (Å²) in [6, 6.07) is 14.6. The zero-order valence-corrected chi connectivity index (χ0v) is 19.3. The number of carbonyl (C=O) groups is 2. The van der Waals surface area contributed by atoms with Crippen LogP contribution in [0.25, 0.3) is 22.2 Å². The van der Waals surface area contributed by atoms with E-state index in [1.54, 1.807) is 18.6 Å². The molecule has 186 valence electrons. The zero-order chi connectivity index (χ0) is 25.3. The number of nitrogens with one attached hydrogen (secondary N) is 1. The first-order valence-electron chi connectivity index (χ1n) is 11.8. The van der Waals surface area contributed by atoms with Crippen molar-refractivity contribution >= 4 is 22.8 Å². The van der Waals surface area contributed by atoms with E-state index in [1.165, 1.54) is 24.1 Å². The maximum absolute atomic E-state index is 12.7. The molecule has 1 aliphatic rings. The topological polar surface area (TPSA) is 77.0 Å². The molecule has 0 amide bonds. The first-order chi connectivity index (χ1) is 17.3. The van der Waals surface area contributed by atoms with E-state index in [-0.39, 0.29) is 5.56 Å². The fraction of sp³-hybridized carbons (Fsp3) is 0.296. The van der Waals surface area contributed by atoms with E-state index in [9.17, 15) is 22.8 Å². The number of imidazole rings is 1. The maximum atomic E-state index is 12.7. The average molecular weight is 496 g/mol. The molecular formula is C27H24F3N3O3. The number of benzene rings is 2. The molecule has 5 rings (SSSR count). The molecule has 0 atom stereocenters. The molecule has 2 aromatic heterocycles. The van der Waals surface area contributed by atoms with Crippen LogP contribution in [0.3, 0.4) is 0 Å². The first-order valence-corrected chi connectivity index (χ1v) is 11.8. The molecule has 0 radical (unpaired) electrons. The highest BCUT2D eigenvalue weighted by molar-refractivity contribution is 6.02. The number of aromatic nitrogens is 3. The average Bonchev–Trinajstić information content (AvgIpc) is 3.50. The predicted octanol–water partition coefficient (Wildman–Crippen LogP) is 6.37. The molecule has 36 heavy (non-hydrogen) atoms. The van der Waals surface area contributed by atoms with Gasteiger partial charge >= 0.3 is 18.1 Å². The maximum Gasteiger partial charge on any atom is 0.491 e. The van der Waals surface area contributed by atoms with Crippen LogP contribution in [0.5, 0.6) is 0 Å². The Kier molecular flexibility index (Phi) is 6.38. The van der Waals surface area contributed by atoms with Gasteiger partial charge in [-0.3, -0.25) is 0 Å². The molecule has 1 fully saturated rings. The van der Waals surface area contributed by atoms with Gasteiger partial charge < -0.3 is 14.3 Å². The Morgan fingerprint density at radius 1 is 1.06 bits per heavy atom. The fourth-order valence-electron chi connectivity index (χ4n) is 5.12. The Bertz CT molecular complexity index is 1390. The second kappa shape index (κ2) is 9.64. The largest absolute Gasteiger partial charge is 0.491 e. The molecule has 1 N–H and O–H groups in total. The summed E-state index contributed by atoms with van der Waals surface area (Å²) >= 11 is 0. The number of nitrogens with zero attached hydrogens (tertiary/aromatic N) is 2. The number of halogens is 3. The summed E-state index contributed by atoms with van der Waals surface area (Å²) in [6.07, 6.45) is 3.53. The van der Waals surface area contributed by atoms with Gasteiger partial charge in [-0.2, -0.15) is 13.2 Å². The summed E-state index contributed by atoms with van der Waals surface area (Å²) in [4.78, 5) is 30.9. The quantitative estimate of drug-likeness (QED) is 0.258. The Balaban J connectivity index is 1.70. The summed E-state index contributed by atoms with van der Waals surface area (Å²) in [7, 11) is 0. The van der Waals surface area contributed by atoms with E-state index in [2.05, 4.69) is 19.3 Å². The number of esters is 2. The number of rotatable bonds is 5. The van der Waals surface area contributed by atoms with Crippen LogP contribution < -0.4 is 0 Å². The van der Waals surface area contributed by atoms with Gasteiger partial charge in [-0.25, -0.2) is 14.6 Å².